The average molecular weight is 280 g/mol. The molecule has 20 heavy (non-hydrogen) atoms. The van der Waals surface area contributed by atoms with Gasteiger partial charge in [0.2, 0.25) is 5.91 Å². The molecule has 0 unspecified atom stereocenters. The lowest BCUT2D eigenvalue weighted by atomic mass is 9.84. The number of carbonyl (C=O) groups excluding carboxylic acids is 1. The molecule has 2 aliphatic heterocycles. The van der Waals surface area contributed by atoms with Gasteiger partial charge in [-0.25, -0.2) is 0 Å². The Morgan fingerprint density at radius 2 is 1.90 bits per heavy atom. The maximum Gasteiger partial charge on any atom is 0.225 e. The molecule has 0 aromatic rings. The minimum Gasteiger partial charge on any atom is -0.381 e. The van der Waals surface area contributed by atoms with Crippen molar-refractivity contribution >= 4 is 5.91 Å². The second-order valence-corrected chi connectivity index (χ2v) is 6.69. The summed E-state index contributed by atoms with van der Waals surface area (Å²) in [6.45, 7) is 7.13. The van der Waals surface area contributed by atoms with Gasteiger partial charge < -0.3 is 14.5 Å². The van der Waals surface area contributed by atoms with Crippen LogP contribution in [-0.4, -0.2) is 61.6 Å². The fraction of sp³-hybridized carbons (Fsp3) is 0.938. The van der Waals surface area contributed by atoms with E-state index in [4.69, 9.17) is 4.74 Å². The van der Waals surface area contributed by atoms with Crippen LogP contribution in [0.5, 0.6) is 0 Å². The van der Waals surface area contributed by atoms with Gasteiger partial charge in [-0.2, -0.15) is 0 Å². The van der Waals surface area contributed by atoms with Gasteiger partial charge in [0, 0.05) is 38.7 Å². The van der Waals surface area contributed by atoms with Crippen molar-refractivity contribution in [2.24, 2.45) is 11.8 Å². The standard InChI is InChI=1S/C16H28N2O2/c19-16(15-5-1-6-15)18-8-3-7-17(9-10-18)12-14-4-2-11-20-13-14/h14-15H,1-13H2/t14-/m1/s1. The van der Waals surface area contributed by atoms with Crippen LogP contribution in [0.2, 0.25) is 0 Å². The van der Waals surface area contributed by atoms with Crippen LogP contribution in [0.3, 0.4) is 0 Å². The second-order valence-electron chi connectivity index (χ2n) is 6.69. The highest BCUT2D eigenvalue weighted by Gasteiger charge is 2.30. The fourth-order valence-corrected chi connectivity index (χ4v) is 3.60. The van der Waals surface area contributed by atoms with Gasteiger partial charge in [-0.1, -0.05) is 6.42 Å². The van der Waals surface area contributed by atoms with E-state index in [2.05, 4.69) is 9.80 Å². The van der Waals surface area contributed by atoms with Gasteiger partial charge in [0.15, 0.2) is 0 Å². The van der Waals surface area contributed by atoms with Gasteiger partial charge in [0.25, 0.3) is 0 Å². The lowest BCUT2D eigenvalue weighted by Gasteiger charge is -2.31. The summed E-state index contributed by atoms with van der Waals surface area (Å²) in [6, 6.07) is 0. The van der Waals surface area contributed by atoms with Crippen LogP contribution in [0, 0.1) is 11.8 Å². The molecule has 0 radical (unpaired) electrons. The number of amides is 1. The maximum atomic E-state index is 12.3. The van der Waals surface area contributed by atoms with Gasteiger partial charge in [0.1, 0.15) is 0 Å². The first-order valence-electron chi connectivity index (χ1n) is 8.42. The van der Waals surface area contributed by atoms with Gasteiger partial charge in [-0.15, -0.1) is 0 Å². The molecule has 3 aliphatic rings. The van der Waals surface area contributed by atoms with Crippen LogP contribution in [0.1, 0.15) is 38.5 Å². The summed E-state index contributed by atoms with van der Waals surface area (Å²) in [6.07, 6.45) is 7.15. The Bertz CT molecular complexity index is 324. The van der Waals surface area contributed by atoms with Crippen LogP contribution < -0.4 is 0 Å². The number of carbonyl (C=O) groups is 1. The topological polar surface area (TPSA) is 32.8 Å². The van der Waals surface area contributed by atoms with E-state index in [1.165, 1.54) is 19.3 Å². The van der Waals surface area contributed by atoms with E-state index in [-0.39, 0.29) is 0 Å². The fourth-order valence-electron chi connectivity index (χ4n) is 3.60. The van der Waals surface area contributed by atoms with E-state index in [1.54, 1.807) is 0 Å². The van der Waals surface area contributed by atoms with Crippen molar-refractivity contribution < 1.29 is 9.53 Å². The Kier molecular flexibility index (Phi) is 4.94. The van der Waals surface area contributed by atoms with Crippen molar-refractivity contribution in [1.82, 2.24) is 9.80 Å². The molecule has 3 fully saturated rings. The molecule has 0 aromatic carbocycles. The molecule has 1 saturated carbocycles. The Morgan fingerprint density at radius 3 is 2.60 bits per heavy atom. The lowest BCUT2D eigenvalue weighted by Crippen LogP contribution is -2.41. The average Bonchev–Trinajstić information content (AvgIpc) is 2.63. The summed E-state index contributed by atoms with van der Waals surface area (Å²) < 4.78 is 5.58. The molecule has 2 heterocycles. The van der Waals surface area contributed by atoms with Gasteiger partial charge >= 0.3 is 0 Å². The smallest absolute Gasteiger partial charge is 0.225 e. The Hall–Kier alpha value is -0.610. The molecule has 0 N–H and O–H groups in total. The molecule has 4 nitrogen and oxygen atoms in total. The van der Waals surface area contributed by atoms with Gasteiger partial charge in [0.05, 0.1) is 6.61 Å². The van der Waals surface area contributed by atoms with E-state index in [9.17, 15) is 4.79 Å². The summed E-state index contributed by atoms with van der Waals surface area (Å²) in [5, 5.41) is 0. The van der Waals surface area contributed by atoms with Crippen molar-refractivity contribution in [2.75, 3.05) is 45.9 Å². The number of hydrogen-bond acceptors (Lipinski definition) is 3. The van der Waals surface area contributed by atoms with E-state index in [1.807, 2.05) is 0 Å². The third kappa shape index (κ3) is 3.53. The quantitative estimate of drug-likeness (QED) is 0.789. The zero-order valence-electron chi connectivity index (χ0n) is 12.6. The lowest BCUT2D eigenvalue weighted by molar-refractivity contribution is -0.138. The van der Waals surface area contributed by atoms with Crippen molar-refractivity contribution in [3.8, 4) is 0 Å². The molecule has 1 atom stereocenters. The molecule has 114 valence electrons. The predicted molar refractivity (Wildman–Crippen MR) is 78.5 cm³/mol. The normalized spacial score (nSPS) is 29.8. The summed E-state index contributed by atoms with van der Waals surface area (Å²) in [5.41, 5.74) is 0. The molecule has 3 rings (SSSR count). The first kappa shape index (κ1) is 14.3. The minimum absolute atomic E-state index is 0.355. The van der Waals surface area contributed by atoms with E-state index in [0.29, 0.717) is 17.7 Å². The van der Waals surface area contributed by atoms with Crippen LogP contribution in [0.15, 0.2) is 0 Å². The molecule has 0 bridgehead atoms. The number of nitrogens with zero attached hydrogens (tertiary/aromatic N) is 2. The predicted octanol–water partition coefficient (Wildman–Crippen LogP) is 1.75. The molecule has 2 saturated heterocycles. The molecule has 4 heteroatoms. The minimum atomic E-state index is 0.355. The van der Waals surface area contributed by atoms with E-state index < -0.39 is 0 Å². The van der Waals surface area contributed by atoms with Crippen LogP contribution >= 0.6 is 0 Å². The Balaban J connectivity index is 1.44. The number of ether oxygens (including phenoxy) is 1. The highest BCUT2D eigenvalue weighted by atomic mass is 16.5. The monoisotopic (exact) mass is 280 g/mol. The molecule has 0 aromatic heterocycles. The number of hydrogen-bond donors (Lipinski definition) is 0. The SMILES string of the molecule is O=C(C1CCC1)N1CCCN(C[C@H]2CCCOC2)CC1. The van der Waals surface area contributed by atoms with E-state index >= 15 is 0 Å². The van der Waals surface area contributed by atoms with Crippen molar-refractivity contribution in [3.63, 3.8) is 0 Å². The van der Waals surface area contributed by atoms with Crippen molar-refractivity contribution in [3.05, 3.63) is 0 Å². The largest absolute Gasteiger partial charge is 0.381 e. The van der Waals surface area contributed by atoms with Crippen LogP contribution in [-0.2, 0) is 9.53 Å². The second kappa shape index (κ2) is 6.90. The highest BCUT2D eigenvalue weighted by molar-refractivity contribution is 5.79. The highest BCUT2D eigenvalue weighted by Crippen LogP contribution is 2.28. The molecular formula is C16H28N2O2. The molecular weight excluding hydrogens is 252 g/mol. The van der Waals surface area contributed by atoms with Crippen molar-refractivity contribution in [1.29, 1.82) is 0 Å². The third-order valence-corrected chi connectivity index (χ3v) is 5.13. The zero-order chi connectivity index (χ0) is 13.8. The molecule has 0 spiro atoms. The first-order chi connectivity index (χ1) is 9.83. The van der Waals surface area contributed by atoms with Gasteiger partial charge in [-0.05, 0) is 44.6 Å². The van der Waals surface area contributed by atoms with Gasteiger partial charge in [-0.3, -0.25) is 4.79 Å². The Labute approximate surface area is 122 Å². The van der Waals surface area contributed by atoms with Crippen molar-refractivity contribution in [2.45, 2.75) is 38.5 Å². The summed E-state index contributed by atoms with van der Waals surface area (Å²) in [7, 11) is 0. The first-order valence-corrected chi connectivity index (χ1v) is 8.42. The maximum absolute atomic E-state index is 12.3. The third-order valence-electron chi connectivity index (χ3n) is 5.13. The van der Waals surface area contributed by atoms with Crippen LogP contribution in [0.25, 0.3) is 0 Å². The zero-order valence-corrected chi connectivity index (χ0v) is 12.6. The van der Waals surface area contributed by atoms with Crippen LogP contribution in [0.4, 0.5) is 0 Å². The number of rotatable bonds is 3. The summed E-state index contributed by atoms with van der Waals surface area (Å²) in [5.74, 6) is 1.49. The Morgan fingerprint density at radius 1 is 1.00 bits per heavy atom. The summed E-state index contributed by atoms with van der Waals surface area (Å²) in [4.78, 5) is 17.0. The molecule has 1 aliphatic carbocycles. The van der Waals surface area contributed by atoms with E-state index in [0.717, 1.165) is 65.2 Å². The molecule has 1 amide bonds. The summed E-state index contributed by atoms with van der Waals surface area (Å²) >= 11 is 0.